The van der Waals surface area contributed by atoms with Crippen molar-refractivity contribution < 1.29 is 9.50 Å². The second-order valence-electron chi connectivity index (χ2n) is 6.18. The van der Waals surface area contributed by atoms with Gasteiger partial charge in [-0.15, -0.1) is 0 Å². The lowest BCUT2D eigenvalue weighted by molar-refractivity contribution is 0.469. The van der Waals surface area contributed by atoms with Gasteiger partial charge in [0.2, 0.25) is 0 Å². The molecule has 0 saturated carbocycles. The van der Waals surface area contributed by atoms with Crippen molar-refractivity contribution in [1.29, 1.82) is 0 Å². The Labute approximate surface area is 139 Å². The van der Waals surface area contributed by atoms with E-state index in [1.54, 1.807) is 6.07 Å². The number of piperidine rings is 1. The maximum atomic E-state index is 13.5. The second kappa shape index (κ2) is 6.07. The summed E-state index contributed by atoms with van der Waals surface area (Å²) in [5, 5.41) is 9.61. The van der Waals surface area contributed by atoms with Gasteiger partial charge in [-0.2, -0.15) is 0 Å². The van der Waals surface area contributed by atoms with Crippen molar-refractivity contribution in [3.8, 4) is 16.9 Å². The van der Waals surface area contributed by atoms with Crippen molar-refractivity contribution >= 4 is 16.9 Å². The summed E-state index contributed by atoms with van der Waals surface area (Å²) in [6, 6.07) is 9.68. The summed E-state index contributed by atoms with van der Waals surface area (Å²) >= 11 is 0. The van der Waals surface area contributed by atoms with Gasteiger partial charge >= 0.3 is 0 Å². The number of fused-ring (bicyclic) bond motifs is 1. The number of aromatic hydroxyl groups is 1. The highest BCUT2D eigenvalue weighted by molar-refractivity contribution is 5.82. The number of nitrogens with zero attached hydrogens (tertiary/aromatic N) is 3. The molecule has 2 heterocycles. The third-order valence-corrected chi connectivity index (χ3v) is 4.43. The highest BCUT2D eigenvalue weighted by Crippen LogP contribution is 2.28. The fourth-order valence-corrected chi connectivity index (χ4v) is 3.20. The molecule has 3 aromatic rings. The standard InChI is InChI=1S/C19H18FN3O/c20-15-8-14(9-16(24)11-15)13-4-5-17-18(10-13)22-19(12-21-17)23-6-2-1-3-7-23/h4-5,8-12,24H,1-3,6-7H2. The average Bonchev–Trinajstić information content (AvgIpc) is 2.61. The van der Waals surface area contributed by atoms with E-state index in [9.17, 15) is 9.50 Å². The van der Waals surface area contributed by atoms with Crippen LogP contribution in [0, 0.1) is 5.82 Å². The third-order valence-electron chi connectivity index (χ3n) is 4.43. The molecule has 0 unspecified atom stereocenters. The van der Waals surface area contributed by atoms with Crippen molar-refractivity contribution in [1.82, 2.24) is 9.97 Å². The smallest absolute Gasteiger partial charge is 0.147 e. The minimum absolute atomic E-state index is 0.0850. The van der Waals surface area contributed by atoms with Crippen molar-refractivity contribution in [2.45, 2.75) is 19.3 Å². The number of anilines is 1. The second-order valence-corrected chi connectivity index (χ2v) is 6.18. The van der Waals surface area contributed by atoms with Gasteiger partial charge in [0, 0.05) is 19.2 Å². The zero-order valence-corrected chi connectivity index (χ0v) is 13.2. The van der Waals surface area contributed by atoms with Crippen LogP contribution in [-0.4, -0.2) is 28.2 Å². The molecule has 1 N–H and O–H groups in total. The van der Waals surface area contributed by atoms with E-state index in [0.29, 0.717) is 5.56 Å². The Hall–Kier alpha value is -2.69. The molecular formula is C19H18FN3O. The van der Waals surface area contributed by atoms with Gasteiger partial charge in [0.15, 0.2) is 0 Å². The van der Waals surface area contributed by atoms with Crippen LogP contribution in [0.1, 0.15) is 19.3 Å². The average molecular weight is 323 g/mol. The molecule has 4 nitrogen and oxygen atoms in total. The van der Waals surface area contributed by atoms with Crippen LogP contribution in [0.15, 0.2) is 42.6 Å². The number of phenols is 1. The summed E-state index contributed by atoms with van der Waals surface area (Å²) in [6.07, 6.45) is 5.46. The van der Waals surface area contributed by atoms with Crippen LogP contribution in [0.25, 0.3) is 22.2 Å². The third kappa shape index (κ3) is 2.89. The SMILES string of the molecule is Oc1cc(F)cc(-c2ccc3ncc(N4CCCCC4)nc3c2)c1. The molecule has 1 fully saturated rings. The van der Waals surface area contributed by atoms with Crippen LogP contribution in [-0.2, 0) is 0 Å². The number of hydrogen-bond acceptors (Lipinski definition) is 4. The van der Waals surface area contributed by atoms with Gasteiger partial charge in [0.05, 0.1) is 17.2 Å². The lowest BCUT2D eigenvalue weighted by Crippen LogP contribution is -2.30. The number of aromatic nitrogens is 2. The molecule has 5 heteroatoms. The zero-order chi connectivity index (χ0) is 16.5. The summed E-state index contributed by atoms with van der Waals surface area (Å²) in [5.74, 6) is 0.345. The van der Waals surface area contributed by atoms with Crippen LogP contribution in [0.5, 0.6) is 5.75 Å². The Kier molecular flexibility index (Phi) is 3.76. The molecule has 0 spiro atoms. The van der Waals surface area contributed by atoms with Crippen LogP contribution in [0.4, 0.5) is 10.2 Å². The first-order chi connectivity index (χ1) is 11.7. The molecule has 4 rings (SSSR count). The summed E-state index contributed by atoms with van der Waals surface area (Å²) in [4.78, 5) is 11.5. The highest BCUT2D eigenvalue weighted by atomic mass is 19.1. The van der Waals surface area contributed by atoms with Crippen molar-refractivity contribution in [3.05, 3.63) is 48.4 Å². The quantitative estimate of drug-likeness (QED) is 0.770. The van der Waals surface area contributed by atoms with E-state index in [4.69, 9.17) is 4.98 Å². The molecule has 0 bridgehead atoms. The summed E-state index contributed by atoms with van der Waals surface area (Å²) in [5.41, 5.74) is 3.02. The number of hydrogen-bond donors (Lipinski definition) is 1. The first-order valence-corrected chi connectivity index (χ1v) is 8.21. The molecule has 24 heavy (non-hydrogen) atoms. The minimum atomic E-state index is -0.460. The fourth-order valence-electron chi connectivity index (χ4n) is 3.20. The van der Waals surface area contributed by atoms with Crippen LogP contribution < -0.4 is 4.90 Å². The van der Waals surface area contributed by atoms with Gasteiger partial charge in [0.1, 0.15) is 17.4 Å². The Balaban J connectivity index is 1.75. The van der Waals surface area contributed by atoms with E-state index in [1.165, 1.54) is 25.3 Å². The van der Waals surface area contributed by atoms with Crippen molar-refractivity contribution in [2.75, 3.05) is 18.0 Å². The van der Waals surface area contributed by atoms with E-state index in [-0.39, 0.29) is 5.75 Å². The van der Waals surface area contributed by atoms with Gasteiger partial charge in [0.25, 0.3) is 0 Å². The number of benzene rings is 2. The number of phenolic OH excluding ortho intramolecular Hbond substituents is 1. The van der Waals surface area contributed by atoms with E-state index in [2.05, 4.69) is 9.88 Å². The topological polar surface area (TPSA) is 49.3 Å². The zero-order valence-electron chi connectivity index (χ0n) is 13.2. The molecule has 1 aliphatic heterocycles. The van der Waals surface area contributed by atoms with Gasteiger partial charge in [-0.1, -0.05) is 6.07 Å². The monoisotopic (exact) mass is 323 g/mol. The molecule has 2 aromatic carbocycles. The molecule has 0 atom stereocenters. The summed E-state index contributed by atoms with van der Waals surface area (Å²) in [7, 11) is 0. The normalized spacial score (nSPS) is 15.0. The van der Waals surface area contributed by atoms with E-state index < -0.39 is 5.82 Å². The maximum Gasteiger partial charge on any atom is 0.147 e. The lowest BCUT2D eigenvalue weighted by atomic mass is 10.0. The van der Waals surface area contributed by atoms with Crippen LogP contribution in [0.2, 0.25) is 0 Å². The molecule has 0 radical (unpaired) electrons. The highest BCUT2D eigenvalue weighted by Gasteiger charge is 2.13. The summed E-state index contributed by atoms with van der Waals surface area (Å²) < 4.78 is 13.5. The van der Waals surface area contributed by atoms with Crippen LogP contribution in [0.3, 0.4) is 0 Å². The molecule has 1 saturated heterocycles. The molecule has 0 aliphatic carbocycles. The first-order valence-electron chi connectivity index (χ1n) is 8.21. The van der Waals surface area contributed by atoms with Crippen molar-refractivity contribution in [3.63, 3.8) is 0 Å². The summed E-state index contributed by atoms with van der Waals surface area (Å²) in [6.45, 7) is 2.02. The van der Waals surface area contributed by atoms with Gasteiger partial charge in [-0.25, -0.2) is 9.37 Å². The predicted octanol–water partition coefficient (Wildman–Crippen LogP) is 4.13. The predicted molar refractivity (Wildman–Crippen MR) is 92.7 cm³/mol. The van der Waals surface area contributed by atoms with Gasteiger partial charge in [-0.05, 0) is 54.7 Å². The molecule has 122 valence electrons. The van der Waals surface area contributed by atoms with E-state index >= 15 is 0 Å². The van der Waals surface area contributed by atoms with Crippen LogP contribution >= 0.6 is 0 Å². The Bertz CT molecular complexity index is 871. The maximum absolute atomic E-state index is 13.5. The first kappa shape index (κ1) is 14.9. The minimum Gasteiger partial charge on any atom is -0.508 e. The molecular weight excluding hydrogens is 305 g/mol. The largest absolute Gasteiger partial charge is 0.508 e. The van der Waals surface area contributed by atoms with Gasteiger partial charge < -0.3 is 10.0 Å². The lowest BCUT2D eigenvalue weighted by Gasteiger charge is -2.27. The van der Waals surface area contributed by atoms with Gasteiger partial charge in [-0.3, -0.25) is 4.98 Å². The molecule has 1 aliphatic rings. The molecule has 0 amide bonds. The Morgan fingerprint density at radius 1 is 0.917 bits per heavy atom. The number of rotatable bonds is 2. The number of halogens is 1. The Morgan fingerprint density at radius 3 is 2.54 bits per heavy atom. The van der Waals surface area contributed by atoms with Crippen molar-refractivity contribution in [2.24, 2.45) is 0 Å². The molecule has 1 aromatic heterocycles. The van der Waals surface area contributed by atoms with E-state index in [0.717, 1.165) is 41.6 Å². The Morgan fingerprint density at radius 2 is 1.75 bits per heavy atom. The van der Waals surface area contributed by atoms with E-state index in [1.807, 2.05) is 24.4 Å². The fraction of sp³-hybridized carbons (Fsp3) is 0.263.